The van der Waals surface area contributed by atoms with Gasteiger partial charge in [-0.2, -0.15) is 5.10 Å². The van der Waals surface area contributed by atoms with E-state index >= 15 is 0 Å². The maximum atomic E-state index is 13.8. The molecular weight excluding hydrogens is 511 g/mol. The van der Waals surface area contributed by atoms with Gasteiger partial charge >= 0.3 is 0 Å². The largest absolute Gasteiger partial charge is 0.336 e. The van der Waals surface area contributed by atoms with Crippen molar-refractivity contribution in [3.05, 3.63) is 120 Å². The first-order valence-electron chi connectivity index (χ1n) is 14.2. The second-order valence-electron chi connectivity index (χ2n) is 11.7. The highest BCUT2D eigenvalue weighted by atomic mass is 19.1. The van der Waals surface area contributed by atoms with Crippen LogP contribution in [0, 0.1) is 24.6 Å². The van der Waals surface area contributed by atoms with E-state index in [9.17, 15) is 9.18 Å². The molecule has 1 aliphatic heterocycles. The molecule has 0 spiro atoms. The lowest BCUT2D eigenvalue weighted by atomic mass is 9.86. The van der Waals surface area contributed by atoms with Crippen LogP contribution in [-0.2, 0) is 10.2 Å². The van der Waals surface area contributed by atoms with Crippen LogP contribution in [0.25, 0.3) is 16.6 Å². The van der Waals surface area contributed by atoms with Gasteiger partial charge in [0.25, 0.3) is 5.91 Å². The fourth-order valence-corrected chi connectivity index (χ4v) is 6.63. The van der Waals surface area contributed by atoms with Gasteiger partial charge in [-0.15, -0.1) is 0 Å². The Hall–Kier alpha value is -4.32. The first-order chi connectivity index (χ1) is 19.7. The Labute approximate surface area is 240 Å². The van der Waals surface area contributed by atoms with Crippen molar-refractivity contribution in [2.45, 2.75) is 39.0 Å². The molecule has 1 aliphatic carbocycles. The summed E-state index contributed by atoms with van der Waals surface area (Å²) in [5.41, 5.74) is 6.69. The minimum Gasteiger partial charge on any atom is -0.336 e. The summed E-state index contributed by atoms with van der Waals surface area (Å²) in [4.78, 5) is 20.5. The number of aryl methyl sites for hydroxylation is 1. The Morgan fingerprint density at radius 3 is 2.56 bits per heavy atom. The van der Waals surface area contributed by atoms with Crippen molar-refractivity contribution in [3.8, 4) is 5.69 Å². The van der Waals surface area contributed by atoms with E-state index in [0.29, 0.717) is 30.6 Å². The standard InChI is InChI=1S/C35H35FN4O/c1-6-10-31(38-24(5)22(2)3)34(41)39-20-30-33(25-11-8-7-9-12-25)35(30,21-39)29-18-26-19-37-40(32(26)17-23(29)4)28-15-13-27(36)14-16-28/h6-19,22,30,33H,1,20-21H2,2-5H3/b31-10-,38-24?/t30-,33-,35+/m0/s1. The second-order valence-corrected chi connectivity index (χ2v) is 11.7. The number of aromatic nitrogens is 2. The number of halogens is 1. The van der Waals surface area contributed by atoms with Gasteiger partial charge < -0.3 is 4.90 Å². The molecule has 1 saturated heterocycles. The number of piperidine rings is 1. The molecule has 2 fully saturated rings. The minimum atomic E-state index is -0.272. The van der Waals surface area contributed by atoms with Gasteiger partial charge in [0.1, 0.15) is 11.5 Å². The Bertz CT molecular complexity index is 1700. The summed E-state index contributed by atoms with van der Waals surface area (Å²) in [7, 11) is 0. The molecule has 3 atom stereocenters. The zero-order chi connectivity index (χ0) is 28.9. The molecule has 2 heterocycles. The molecule has 41 heavy (non-hydrogen) atoms. The molecule has 6 rings (SSSR count). The van der Waals surface area contributed by atoms with E-state index in [2.05, 4.69) is 68.8 Å². The molecule has 5 nitrogen and oxygen atoms in total. The van der Waals surface area contributed by atoms with Crippen LogP contribution in [0.15, 0.2) is 102 Å². The van der Waals surface area contributed by atoms with E-state index in [4.69, 9.17) is 4.99 Å². The van der Waals surface area contributed by atoms with Gasteiger partial charge in [0.2, 0.25) is 0 Å². The third-order valence-corrected chi connectivity index (χ3v) is 8.94. The number of fused-ring (bicyclic) bond motifs is 2. The van der Waals surface area contributed by atoms with E-state index in [1.807, 2.05) is 28.8 Å². The topological polar surface area (TPSA) is 50.5 Å². The maximum Gasteiger partial charge on any atom is 0.272 e. The number of carbonyl (C=O) groups is 1. The minimum absolute atomic E-state index is 0.0499. The number of amides is 1. The van der Waals surface area contributed by atoms with Crippen molar-refractivity contribution >= 4 is 22.5 Å². The zero-order valence-electron chi connectivity index (χ0n) is 24.0. The van der Waals surface area contributed by atoms with E-state index in [1.54, 1.807) is 24.3 Å². The maximum absolute atomic E-state index is 13.8. The van der Waals surface area contributed by atoms with E-state index in [1.165, 1.54) is 23.3 Å². The first-order valence-corrected chi connectivity index (χ1v) is 14.2. The number of hydrogen-bond donors (Lipinski definition) is 0. The van der Waals surface area contributed by atoms with Crippen molar-refractivity contribution in [1.29, 1.82) is 0 Å². The van der Waals surface area contributed by atoms with Gasteiger partial charge in [0.15, 0.2) is 0 Å². The van der Waals surface area contributed by atoms with Crippen molar-refractivity contribution in [2.24, 2.45) is 16.8 Å². The number of benzene rings is 3. The summed E-state index contributed by atoms with van der Waals surface area (Å²) in [6.45, 7) is 13.4. The Balaban J connectivity index is 1.40. The Kier molecular flexibility index (Phi) is 6.72. The lowest BCUT2D eigenvalue weighted by Gasteiger charge is -2.26. The lowest BCUT2D eigenvalue weighted by Crippen LogP contribution is -2.35. The normalized spacial score (nSPS) is 22.3. The van der Waals surface area contributed by atoms with Crippen molar-refractivity contribution in [3.63, 3.8) is 0 Å². The fraction of sp³-hybridized carbons (Fsp3) is 0.286. The van der Waals surface area contributed by atoms with Crippen LogP contribution >= 0.6 is 0 Å². The van der Waals surface area contributed by atoms with E-state index in [-0.39, 0.29) is 23.1 Å². The SMILES string of the molecule is C=C/C=C(\N=C(C)C(C)C)C(=O)N1C[C@H]2[C@H](c3ccccc3)[C@@]2(c2cc3cnn(-c4ccc(F)cc4)c3cc2C)C1. The number of nitrogens with zero attached hydrogens (tertiary/aromatic N) is 4. The van der Waals surface area contributed by atoms with Crippen LogP contribution in [0.3, 0.4) is 0 Å². The predicted molar refractivity (Wildman–Crippen MR) is 163 cm³/mol. The Morgan fingerprint density at radius 1 is 1.15 bits per heavy atom. The van der Waals surface area contributed by atoms with Crippen molar-refractivity contribution in [1.82, 2.24) is 14.7 Å². The average Bonchev–Trinajstić information content (AvgIpc) is 3.22. The van der Waals surface area contributed by atoms with Gasteiger partial charge in [-0.25, -0.2) is 9.07 Å². The van der Waals surface area contributed by atoms with Crippen LogP contribution in [0.2, 0.25) is 0 Å². The molecule has 1 aromatic heterocycles. The molecule has 4 aromatic rings. The number of carbonyl (C=O) groups excluding carboxylic acids is 1. The molecule has 3 aromatic carbocycles. The highest BCUT2D eigenvalue weighted by molar-refractivity contribution is 5.98. The van der Waals surface area contributed by atoms with Gasteiger partial charge in [-0.05, 0) is 84.8 Å². The lowest BCUT2D eigenvalue weighted by molar-refractivity contribution is -0.126. The first kappa shape index (κ1) is 26.9. The molecule has 1 saturated carbocycles. The third-order valence-electron chi connectivity index (χ3n) is 8.94. The van der Waals surface area contributed by atoms with Crippen LogP contribution < -0.4 is 0 Å². The summed E-state index contributed by atoms with van der Waals surface area (Å²) >= 11 is 0. The van der Waals surface area contributed by atoms with Gasteiger partial charge in [0.05, 0.1) is 17.4 Å². The highest BCUT2D eigenvalue weighted by Crippen LogP contribution is 2.70. The number of aliphatic imine (C=N–C) groups is 1. The predicted octanol–water partition coefficient (Wildman–Crippen LogP) is 7.15. The van der Waals surface area contributed by atoms with Crippen LogP contribution in [0.5, 0.6) is 0 Å². The summed E-state index contributed by atoms with van der Waals surface area (Å²) in [5.74, 6) is 0.556. The summed E-state index contributed by atoms with van der Waals surface area (Å²) in [6, 6.07) is 21.5. The fourth-order valence-electron chi connectivity index (χ4n) is 6.63. The van der Waals surface area contributed by atoms with Gasteiger partial charge in [-0.3, -0.25) is 9.79 Å². The van der Waals surface area contributed by atoms with Crippen molar-refractivity contribution < 1.29 is 9.18 Å². The molecule has 0 N–H and O–H groups in total. The van der Waals surface area contributed by atoms with E-state index < -0.39 is 0 Å². The van der Waals surface area contributed by atoms with Crippen LogP contribution in [0.4, 0.5) is 4.39 Å². The van der Waals surface area contributed by atoms with Crippen LogP contribution in [-0.4, -0.2) is 39.4 Å². The monoisotopic (exact) mass is 546 g/mol. The number of allylic oxidation sites excluding steroid dienone is 2. The number of hydrogen-bond acceptors (Lipinski definition) is 3. The van der Waals surface area contributed by atoms with Gasteiger partial charge in [0, 0.05) is 35.5 Å². The number of likely N-dealkylation sites (tertiary alicyclic amines) is 1. The summed E-state index contributed by atoms with van der Waals surface area (Å²) in [5, 5.41) is 5.67. The molecule has 2 aliphatic rings. The van der Waals surface area contributed by atoms with Crippen LogP contribution in [0.1, 0.15) is 43.4 Å². The molecule has 6 heteroatoms. The van der Waals surface area contributed by atoms with Gasteiger partial charge in [-0.1, -0.05) is 56.8 Å². The number of rotatable bonds is 7. The zero-order valence-corrected chi connectivity index (χ0v) is 24.0. The quantitative estimate of drug-likeness (QED) is 0.140. The summed E-state index contributed by atoms with van der Waals surface area (Å²) in [6.07, 6.45) is 5.24. The average molecular weight is 547 g/mol. The summed E-state index contributed by atoms with van der Waals surface area (Å²) < 4.78 is 15.4. The highest BCUT2D eigenvalue weighted by Gasteiger charge is 2.71. The third kappa shape index (κ3) is 4.51. The second kappa shape index (κ2) is 10.3. The van der Waals surface area contributed by atoms with Crippen molar-refractivity contribution in [2.75, 3.05) is 13.1 Å². The molecule has 0 radical (unpaired) electrons. The smallest absolute Gasteiger partial charge is 0.272 e. The molecular formula is C35H35FN4O. The molecule has 208 valence electrons. The molecule has 0 bridgehead atoms. The molecule has 0 unspecified atom stereocenters. The molecule has 1 amide bonds. The Morgan fingerprint density at radius 2 is 1.88 bits per heavy atom. The van der Waals surface area contributed by atoms with E-state index in [0.717, 1.165) is 27.9 Å².